The monoisotopic (exact) mass is 907 g/mol. The highest BCUT2D eigenvalue weighted by Crippen LogP contribution is 2.23. The predicted octanol–water partition coefficient (Wildman–Crippen LogP) is 8.20. The number of unbranched alkanes of at least 4 members (excludes halogenated alkanes) is 18. The average Bonchev–Trinajstić information content (AvgIpc) is 3.27. The molecule has 0 aromatic rings. The lowest BCUT2D eigenvalue weighted by molar-refractivity contribution is -0.129. The molecule has 0 aliphatic carbocycles. The van der Waals surface area contributed by atoms with Crippen LogP contribution in [-0.2, 0) is 9.59 Å². The van der Waals surface area contributed by atoms with E-state index < -0.39 is 36.7 Å². The van der Waals surface area contributed by atoms with Crippen LogP contribution in [0, 0.1) is 11.8 Å². The van der Waals surface area contributed by atoms with Crippen LogP contribution in [0.15, 0.2) is 24.3 Å². The Morgan fingerprint density at radius 2 is 0.797 bits per heavy atom. The molecule has 8 atom stereocenters. The maximum absolute atomic E-state index is 13.5. The predicted molar refractivity (Wildman–Crippen MR) is 266 cm³/mol. The largest absolute Gasteiger partial charge is 0.392 e. The van der Waals surface area contributed by atoms with Gasteiger partial charge in [-0.1, -0.05) is 128 Å². The van der Waals surface area contributed by atoms with Crippen molar-refractivity contribution in [1.82, 2.24) is 20.4 Å². The van der Waals surface area contributed by atoms with Gasteiger partial charge < -0.3 is 42.5 Å². The maximum atomic E-state index is 13.5. The first-order valence-electron chi connectivity index (χ1n) is 26.4. The van der Waals surface area contributed by atoms with Gasteiger partial charge in [0, 0.05) is 52.1 Å². The van der Waals surface area contributed by atoms with Gasteiger partial charge in [-0.15, -0.1) is 0 Å². The SMILES string of the molecule is CCCCCCCCC=CCCCCCC(CC(=O)NC(C(C)O)N1CCN(C(NC(=O)CC(CCCCCC=CCCCCCCCC)CC(O)CN)C(C)O)CC1)CC(O)CN. The van der Waals surface area contributed by atoms with Crippen LogP contribution in [0.4, 0.5) is 0 Å². The van der Waals surface area contributed by atoms with E-state index in [1.807, 2.05) is 0 Å². The summed E-state index contributed by atoms with van der Waals surface area (Å²) in [5.74, 6) is -0.319. The average molecular weight is 907 g/mol. The molecule has 0 aromatic carbocycles. The van der Waals surface area contributed by atoms with E-state index in [0.29, 0.717) is 39.0 Å². The van der Waals surface area contributed by atoms with E-state index in [9.17, 15) is 30.0 Å². The van der Waals surface area contributed by atoms with Crippen LogP contribution in [0.25, 0.3) is 0 Å². The lowest BCUT2D eigenvalue weighted by Crippen LogP contribution is -2.64. The molecule has 8 unspecified atom stereocenters. The summed E-state index contributed by atoms with van der Waals surface area (Å²) in [7, 11) is 0. The van der Waals surface area contributed by atoms with Crippen molar-refractivity contribution in [2.24, 2.45) is 23.3 Å². The van der Waals surface area contributed by atoms with E-state index in [4.69, 9.17) is 11.5 Å². The van der Waals surface area contributed by atoms with Crippen LogP contribution in [-0.4, -0.2) is 118 Å². The Morgan fingerprint density at radius 1 is 0.500 bits per heavy atom. The van der Waals surface area contributed by atoms with E-state index in [0.717, 1.165) is 77.0 Å². The van der Waals surface area contributed by atoms with Crippen LogP contribution in [0.5, 0.6) is 0 Å². The van der Waals surface area contributed by atoms with Crippen LogP contribution in [0.2, 0.25) is 0 Å². The first-order chi connectivity index (χ1) is 30.9. The summed E-state index contributed by atoms with van der Waals surface area (Å²) >= 11 is 0. The van der Waals surface area contributed by atoms with Crippen molar-refractivity contribution in [3.8, 4) is 0 Å². The number of carbonyl (C=O) groups is 2. The standard InChI is InChI=1S/C52H102N6O6/c1-5-7-9-11-13-15-17-19-21-23-25-27-29-31-45(37-47(61)41-53)39-49(63)55-51(43(3)59)57-33-35-58(36-34-57)52(44(4)60)56-50(64)40-46(38-48(62)42-54)32-30-28-26-24-22-20-18-16-14-12-10-8-6-2/h19-22,43-48,51-52,59-62H,5-18,23-42,53-54H2,1-4H3,(H,55,63)(H,56,64). The highest BCUT2D eigenvalue weighted by atomic mass is 16.3. The summed E-state index contributed by atoms with van der Waals surface area (Å²) in [5, 5.41) is 48.6. The quantitative estimate of drug-likeness (QED) is 0.0218. The van der Waals surface area contributed by atoms with Crippen LogP contribution >= 0.6 is 0 Å². The molecule has 1 rings (SSSR count). The molecule has 0 aromatic heterocycles. The van der Waals surface area contributed by atoms with Crippen molar-refractivity contribution in [3.63, 3.8) is 0 Å². The van der Waals surface area contributed by atoms with Gasteiger partial charge in [-0.05, 0) is 103 Å². The molecule has 10 N–H and O–H groups in total. The Kier molecular flexibility index (Phi) is 37.8. The fraction of sp³-hybridized carbons (Fsp3) is 0.885. The van der Waals surface area contributed by atoms with Gasteiger partial charge in [0.1, 0.15) is 12.3 Å². The van der Waals surface area contributed by atoms with Gasteiger partial charge in [0.05, 0.1) is 24.4 Å². The molecular formula is C52H102N6O6. The normalized spacial score (nSPS) is 17.9. The van der Waals surface area contributed by atoms with Crippen molar-refractivity contribution in [1.29, 1.82) is 0 Å². The molecule has 0 bridgehead atoms. The van der Waals surface area contributed by atoms with E-state index in [1.54, 1.807) is 13.8 Å². The number of nitrogens with two attached hydrogens (primary N) is 2. The number of piperazine rings is 1. The molecule has 1 heterocycles. The van der Waals surface area contributed by atoms with Crippen LogP contribution < -0.4 is 22.1 Å². The van der Waals surface area contributed by atoms with Gasteiger partial charge in [0.15, 0.2) is 0 Å². The van der Waals surface area contributed by atoms with E-state index >= 15 is 0 Å². The Morgan fingerprint density at radius 3 is 1.09 bits per heavy atom. The minimum absolute atomic E-state index is 0.00586. The van der Waals surface area contributed by atoms with Crippen molar-refractivity contribution >= 4 is 11.8 Å². The molecule has 1 fully saturated rings. The topological polar surface area (TPSA) is 198 Å². The van der Waals surface area contributed by atoms with Gasteiger partial charge in [-0.3, -0.25) is 19.4 Å². The molecule has 12 nitrogen and oxygen atoms in total. The number of carbonyl (C=O) groups excluding carboxylic acids is 2. The Labute approximate surface area is 392 Å². The summed E-state index contributed by atoms with van der Waals surface area (Å²) in [6, 6.07) is 0. The Balaban J connectivity index is 2.61. The number of hydrogen-bond donors (Lipinski definition) is 8. The van der Waals surface area contributed by atoms with Crippen LogP contribution in [0.3, 0.4) is 0 Å². The number of nitrogens with zero attached hydrogens (tertiary/aromatic N) is 2. The number of nitrogens with one attached hydrogen (secondary N) is 2. The van der Waals surface area contributed by atoms with Crippen molar-refractivity contribution in [2.75, 3.05) is 39.3 Å². The second-order valence-electron chi connectivity index (χ2n) is 19.3. The molecule has 0 saturated carbocycles. The molecule has 1 aliphatic rings. The summed E-state index contributed by atoms with van der Waals surface area (Å²) in [5.41, 5.74) is 11.5. The number of aliphatic hydroxyl groups excluding tert-OH is 4. The number of hydrogen-bond acceptors (Lipinski definition) is 10. The molecule has 64 heavy (non-hydrogen) atoms. The number of amides is 2. The van der Waals surface area contributed by atoms with Gasteiger partial charge in [-0.2, -0.15) is 0 Å². The van der Waals surface area contributed by atoms with Gasteiger partial charge in [-0.25, -0.2) is 0 Å². The second kappa shape index (κ2) is 40.2. The Hall–Kier alpha value is -1.90. The molecule has 0 spiro atoms. The van der Waals surface area contributed by atoms with Crippen LogP contribution in [0.1, 0.15) is 207 Å². The molecule has 0 radical (unpaired) electrons. The van der Waals surface area contributed by atoms with Gasteiger partial charge >= 0.3 is 0 Å². The lowest BCUT2D eigenvalue weighted by Gasteiger charge is -2.44. The molecule has 12 heteroatoms. The molecule has 1 aliphatic heterocycles. The second-order valence-corrected chi connectivity index (χ2v) is 19.3. The zero-order valence-electron chi connectivity index (χ0n) is 41.6. The third-order valence-corrected chi connectivity index (χ3v) is 13.1. The minimum atomic E-state index is -0.822. The molecule has 2 amide bonds. The fourth-order valence-electron chi connectivity index (χ4n) is 9.17. The molecule has 376 valence electrons. The molecule has 1 saturated heterocycles. The third-order valence-electron chi connectivity index (χ3n) is 13.1. The first-order valence-corrected chi connectivity index (χ1v) is 26.4. The first kappa shape index (κ1) is 60.1. The summed E-state index contributed by atoms with van der Waals surface area (Å²) in [6.45, 7) is 10.3. The summed E-state index contributed by atoms with van der Waals surface area (Å²) < 4.78 is 0. The fourth-order valence-corrected chi connectivity index (χ4v) is 9.17. The number of rotatable bonds is 42. The number of allylic oxidation sites excluding steroid dienone is 4. The lowest BCUT2D eigenvalue weighted by atomic mass is 9.91. The maximum Gasteiger partial charge on any atom is 0.221 e. The smallest absolute Gasteiger partial charge is 0.221 e. The van der Waals surface area contributed by atoms with Crippen molar-refractivity contribution in [3.05, 3.63) is 24.3 Å². The minimum Gasteiger partial charge on any atom is -0.392 e. The summed E-state index contributed by atoms with van der Waals surface area (Å²) in [4.78, 5) is 31.1. The van der Waals surface area contributed by atoms with Crippen molar-refractivity contribution < 1.29 is 30.0 Å². The highest BCUT2D eigenvalue weighted by molar-refractivity contribution is 5.77. The summed E-state index contributed by atoms with van der Waals surface area (Å²) in [6.07, 6.45) is 34.8. The van der Waals surface area contributed by atoms with Gasteiger partial charge in [0.25, 0.3) is 0 Å². The van der Waals surface area contributed by atoms with E-state index in [1.165, 1.54) is 77.0 Å². The zero-order valence-corrected chi connectivity index (χ0v) is 41.6. The Bertz CT molecular complexity index is 1080. The number of aliphatic hydroxyl groups is 4. The van der Waals surface area contributed by atoms with E-state index in [-0.39, 0.29) is 49.6 Å². The highest BCUT2D eigenvalue weighted by Gasteiger charge is 2.33. The zero-order chi connectivity index (χ0) is 47.2. The van der Waals surface area contributed by atoms with E-state index in [2.05, 4.69) is 58.6 Å². The molecular weight excluding hydrogens is 805 g/mol. The third kappa shape index (κ3) is 31.1. The van der Waals surface area contributed by atoms with Crippen molar-refractivity contribution in [2.45, 2.75) is 244 Å². The van der Waals surface area contributed by atoms with Gasteiger partial charge in [0.2, 0.25) is 11.8 Å².